The number of nitrogens with one attached hydrogen (secondary N) is 1. The molecule has 0 aromatic carbocycles. The lowest BCUT2D eigenvalue weighted by atomic mass is 10.2. The predicted molar refractivity (Wildman–Crippen MR) is 88.4 cm³/mol. The van der Waals surface area contributed by atoms with Gasteiger partial charge in [-0.05, 0) is 33.2 Å². The van der Waals surface area contributed by atoms with E-state index in [0.29, 0.717) is 0 Å². The van der Waals surface area contributed by atoms with E-state index >= 15 is 0 Å². The van der Waals surface area contributed by atoms with Crippen molar-refractivity contribution in [3.05, 3.63) is 0 Å². The lowest BCUT2D eigenvalue weighted by molar-refractivity contribution is 0.252. The molecule has 1 saturated carbocycles. The van der Waals surface area contributed by atoms with Crippen molar-refractivity contribution < 1.29 is 0 Å². The molecular formula is C16H34N4. The molecule has 0 aromatic heterocycles. The van der Waals surface area contributed by atoms with Crippen molar-refractivity contribution >= 4 is 5.96 Å². The Morgan fingerprint density at radius 1 is 1.15 bits per heavy atom. The van der Waals surface area contributed by atoms with Gasteiger partial charge < -0.3 is 15.1 Å². The molecule has 0 saturated heterocycles. The van der Waals surface area contributed by atoms with Gasteiger partial charge in [-0.3, -0.25) is 4.99 Å². The molecule has 0 bridgehead atoms. The lowest BCUT2D eigenvalue weighted by Crippen LogP contribution is -2.40. The van der Waals surface area contributed by atoms with Gasteiger partial charge in [-0.1, -0.05) is 26.2 Å². The summed E-state index contributed by atoms with van der Waals surface area (Å²) >= 11 is 0. The highest BCUT2D eigenvalue weighted by atomic mass is 15.3. The summed E-state index contributed by atoms with van der Waals surface area (Å²) in [5.74, 6) is 1.06. The quantitative estimate of drug-likeness (QED) is 0.548. The van der Waals surface area contributed by atoms with Crippen LogP contribution < -0.4 is 5.32 Å². The van der Waals surface area contributed by atoms with Gasteiger partial charge >= 0.3 is 0 Å². The second-order valence-corrected chi connectivity index (χ2v) is 5.93. The smallest absolute Gasteiger partial charge is 0.193 e. The molecule has 118 valence electrons. The fourth-order valence-corrected chi connectivity index (χ4v) is 2.81. The third kappa shape index (κ3) is 6.12. The van der Waals surface area contributed by atoms with Gasteiger partial charge in [0.05, 0.1) is 6.54 Å². The molecule has 4 nitrogen and oxygen atoms in total. The highest BCUT2D eigenvalue weighted by Gasteiger charge is 2.18. The van der Waals surface area contributed by atoms with Crippen LogP contribution in [-0.4, -0.2) is 62.1 Å². The number of unbranched alkanes of at least 4 members (excludes halogenated alkanes) is 1. The van der Waals surface area contributed by atoms with E-state index in [2.05, 4.69) is 43.1 Å². The zero-order valence-corrected chi connectivity index (χ0v) is 14.0. The maximum absolute atomic E-state index is 4.77. The highest BCUT2D eigenvalue weighted by molar-refractivity contribution is 5.79. The molecule has 0 spiro atoms. The number of guanidine groups is 1. The van der Waals surface area contributed by atoms with Crippen molar-refractivity contribution in [1.29, 1.82) is 0 Å². The van der Waals surface area contributed by atoms with E-state index in [0.717, 1.165) is 38.2 Å². The zero-order chi connectivity index (χ0) is 14.8. The molecule has 0 aliphatic heterocycles. The van der Waals surface area contributed by atoms with E-state index in [4.69, 9.17) is 4.99 Å². The Hall–Kier alpha value is -0.770. The van der Waals surface area contributed by atoms with E-state index in [1.165, 1.54) is 38.5 Å². The second-order valence-electron chi connectivity index (χ2n) is 5.93. The molecule has 1 rings (SSSR count). The van der Waals surface area contributed by atoms with Crippen molar-refractivity contribution in [2.75, 3.05) is 40.3 Å². The Bertz CT molecular complexity index is 272. The summed E-state index contributed by atoms with van der Waals surface area (Å²) in [5, 5.41) is 3.39. The van der Waals surface area contributed by atoms with Crippen LogP contribution in [0.15, 0.2) is 4.99 Å². The summed E-state index contributed by atoms with van der Waals surface area (Å²) in [6.45, 7) is 8.35. The number of likely N-dealkylation sites (N-methyl/N-ethyl adjacent to an activating group) is 1. The molecule has 1 aliphatic rings. The Morgan fingerprint density at radius 3 is 2.45 bits per heavy atom. The number of nitrogens with zero attached hydrogens (tertiary/aromatic N) is 3. The molecule has 0 aromatic rings. The molecule has 1 N–H and O–H groups in total. The maximum atomic E-state index is 4.77. The van der Waals surface area contributed by atoms with E-state index in [1.807, 2.05) is 0 Å². The molecule has 0 atom stereocenters. The first-order valence-corrected chi connectivity index (χ1v) is 8.38. The van der Waals surface area contributed by atoms with E-state index < -0.39 is 0 Å². The Balaban J connectivity index is 2.36. The molecule has 0 radical (unpaired) electrons. The third-order valence-electron chi connectivity index (χ3n) is 4.21. The van der Waals surface area contributed by atoms with Gasteiger partial charge in [0.2, 0.25) is 0 Å². The van der Waals surface area contributed by atoms with Crippen molar-refractivity contribution in [3.63, 3.8) is 0 Å². The van der Waals surface area contributed by atoms with Crippen molar-refractivity contribution in [3.8, 4) is 0 Å². The van der Waals surface area contributed by atoms with E-state index in [9.17, 15) is 0 Å². The minimum absolute atomic E-state index is 0.797. The van der Waals surface area contributed by atoms with Crippen LogP contribution in [0.1, 0.15) is 52.4 Å². The third-order valence-corrected chi connectivity index (χ3v) is 4.21. The summed E-state index contributed by atoms with van der Waals surface area (Å²) in [4.78, 5) is 9.51. The maximum Gasteiger partial charge on any atom is 0.193 e. The van der Waals surface area contributed by atoms with Crippen molar-refractivity contribution in [2.45, 2.75) is 58.4 Å². The zero-order valence-electron chi connectivity index (χ0n) is 14.0. The molecule has 0 unspecified atom stereocenters. The first-order chi connectivity index (χ1) is 9.69. The first kappa shape index (κ1) is 17.3. The molecular weight excluding hydrogens is 248 g/mol. The van der Waals surface area contributed by atoms with Crippen molar-refractivity contribution in [2.24, 2.45) is 4.99 Å². The summed E-state index contributed by atoms with van der Waals surface area (Å²) in [7, 11) is 4.39. The molecule has 0 heterocycles. The SMILES string of the molecule is CCCCN(C)C(=NCCN(C)C1CCCC1)NCC. The first-order valence-electron chi connectivity index (χ1n) is 8.38. The van der Waals surface area contributed by atoms with Crippen LogP contribution in [0.5, 0.6) is 0 Å². The van der Waals surface area contributed by atoms with Crippen LogP contribution in [0.4, 0.5) is 0 Å². The average molecular weight is 282 g/mol. The number of rotatable bonds is 8. The topological polar surface area (TPSA) is 30.9 Å². The monoisotopic (exact) mass is 282 g/mol. The van der Waals surface area contributed by atoms with Crippen LogP contribution >= 0.6 is 0 Å². The van der Waals surface area contributed by atoms with Gasteiger partial charge in [0.15, 0.2) is 5.96 Å². The fourth-order valence-electron chi connectivity index (χ4n) is 2.81. The van der Waals surface area contributed by atoms with Gasteiger partial charge in [-0.25, -0.2) is 0 Å². The van der Waals surface area contributed by atoms with Gasteiger partial charge in [0.25, 0.3) is 0 Å². The van der Waals surface area contributed by atoms with Gasteiger partial charge in [-0.2, -0.15) is 0 Å². The van der Waals surface area contributed by atoms with Gasteiger partial charge in [-0.15, -0.1) is 0 Å². The average Bonchev–Trinajstić information content (AvgIpc) is 2.97. The van der Waals surface area contributed by atoms with Crippen LogP contribution in [0, 0.1) is 0 Å². The Morgan fingerprint density at radius 2 is 1.85 bits per heavy atom. The molecule has 1 aliphatic carbocycles. The lowest BCUT2D eigenvalue weighted by Gasteiger charge is -2.24. The second kappa shape index (κ2) is 10.0. The summed E-state index contributed by atoms with van der Waals surface area (Å²) < 4.78 is 0. The Labute approximate surface area is 125 Å². The van der Waals surface area contributed by atoms with E-state index in [-0.39, 0.29) is 0 Å². The van der Waals surface area contributed by atoms with Crippen LogP contribution in [0.2, 0.25) is 0 Å². The minimum atomic E-state index is 0.797. The Kier molecular flexibility index (Phi) is 8.67. The summed E-state index contributed by atoms with van der Waals surface area (Å²) in [6.07, 6.45) is 8.01. The van der Waals surface area contributed by atoms with Crippen LogP contribution in [0.25, 0.3) is 0 Å². The number of hydrogen-bond donors (Lipinski definition) is 1. The van der Waals surface area contributed by atoms with Gasteiger partial charge in [0, 0.05) is 32.7 Å². The highest BCUT2D eigenvalue weighted by Crippen LogP contribution is 2.21. The minimum Gasteiger partial charge on any atom is -0.357 e. The van der Waals surface area contributed by atoms with E-state index in [1.54, 1.807) is 0 Å². The molecule has 1 fully saturated rings. The predicted octanol–water partition coefficient (Wildman–Crippen LogP) is 2.56. The summed E-state index contributed by atoms with van der Waals surface area (Å²) in [5.41, 5.74) is 0. The van der Waals surface area contributed by atoms with Gasteiger partial charge in [0.1, 0.15) is 0 Å². The largest absolute Gasteiger partial charge is 0.357 e. The molecule has 4 heteroatoms. The number of aliphatic imine (C=N–C) groups is 1. The molecule has 20 heavy (non-hydrogen) atoms. The van der Waals surface area contributed by atoms with Crippen LogP contribution in [0.3, 0.4) is 0 Å². The van der Waals surface area contributed by atoms with Crippen molar-refractivity contribution in [1.82, 2.24) is 15.1 Å². The number of hydrogen-bond acceptors (Lipinski definition) is 2. The standard InChI is InChI=1S/C16H34N4/c1-5-7-13-20(4)16(17-6-2)18-12-14-19(3)15-10-8-9-11-15/h15H,5-14H2,1-4H3,(H,17,18). The van der Waals surface area contributed by atoms with Crippen LogP contribution in [-0.2, 0) is 0 Å². The summed E-state index contributed by atoms with van der Waals surface area (Å²) in [6, 6.07) is 0.797. The normalized spacial score (nSPS) is 16.9. The molecule has 0 amide bonds. The fraction of sp³-hybridized carbons (Fsp3) is 0.938.